The van der Waals surface area contributed by atoms with Crippen LogP contribution in [0.2, 0.25) is 0 Å². The average Bonchev–Trinajstić information content (AvgIpc) is 3.10. The number of ether oxygens (including phenoxy) is 1. The summed E-state index contributed by atoms with van der Waals surface area (Å²) in [7, 11) is -6.45. The fraction of sp³-hybridized carbons (Fsp3) is 0.400. The first-order chi connectivity index (χ1) is 9.21. The lowest BCUT2D eigenvalue weighted by Crippen LogP contribution is -2.31. The van der Waals surface area contributed by atoms with Crippen molar-refractivity contribution in [3.8, 4) is 5.75 Å². The quantitative estimate of drug-likeness (QED) is 0.666. The van der Waals surface area contributed by atoms with Crippen LogP contribution in [-0.4, -0.2) is 30.0 Å². The van der Waals surface area contributed by atoms with Gasteiger partial charge in [0.25, 0.3) is 10.2 Å². The van der Waals surface area contributed by atoms with E-state index in [4.69, 9.17) is 9.88 Å². The van der Waals surface area contributed by atoms with E-state index in [2.05, 4.69) is 9.44 Å². The van der Waals surface area contributed by atoms with Crippen LogP contribution in [0.25, 0.3) is 0 Å². The normalized spacial score (nSPS) is 15.9. The highest BCUT2D eigenvalue weighted by molar-refractivity contribution is 7.90. The van der Waals surface area contributed by atoms with E-state index in [-0.39, 0.29) is 22.4 Å². The van der Waals surface area contributed by atoms with Crippen LogP contribution < -0.4 is 19.3 Å². The molecular formula is C10H15N3O5S2. The molecule has 1 fully saturated rings. The first kappa shape index (κ1) is 15.0. The van der Waals surface area contributed by atoms with E-state index in [0.717, 1.165) is 18.9 Å². The standard InChI is InChI=1S/C10H15N3O5S2/c1-18-9-5-4-8(6-10(9)19(11,14)15)13-20(16,17)12-7-2-3-7/h4-7,12-13H,2-3H2,1H3,(H2,11,14,15). The number of rotatable bonds is 6. The van der Waals surface area contributed by atoms with E-state index in [1.165, 1.54) is 19.2 Å². The van der Waals surface area contributed by atoms with E-state index in [0.29, 0.717) is 0 Å². The van der Waals surface area contributed by atoms with Crippen molar-refractivity contribution < 1.29 is 21.6 Å². The van der Waals surface area contributed by atoms with Crippen LogP contribution in [0.1, 0.15) is 12.8 Å². The summed E-state index contributed by atoms with van der Waals surface area (Å²) >= 11 is 0. The molecule has 0 spiro atoms. The number of hydrogen-bond acceptors (Lipinski definition) is 5. The third kappa shape index (κ3) is 3.82. The Labute approximate surface area is 117 Å². The van der Waals surface area contributed by atoms with Gasteiger partial charge in [-0.05, 0) is 31.0 Å². The predicted octanol–water partition coefficient (Wildman–Crippen LogP) is -0.249. The molecule has 0 unspecified atom stereocenters. The van der Waals surface area contributed by atoms with Crippen molar-refractivity contribution in [1.82, 2.24) is 4.72 Å². The first-order valence-corrected chi connectivity index (χ1v) is 8.75. The van der Waals surface area contributed by atoms with Gasteiger partial charge in [-0.1, -0.05) is 0 Å². The van der Waals surface area contributed by atoms with Crippen LogP contribution in [0.3, 0.4) is 0 Å². The van der Waals surface area contributed by atoms with Gasteiger partial charge < -0.3 is 4.74 Å². The molecule has 8 nitrogen and oxygen atoms in total. The second-order valence-electron chi connectivity index (χ2n) is 4.41. The summed E-state index contributed by atoms with van der Waals surface area (Å²) in [5, 5.41) is 5.06. The van der Waals surface area contributed by atoms with Crippen molar-refractivity contribution >= 4 is 25.9 Å². The Bertz CT molecular complexity index is 710. The molecule has 0 aromatic heterocycles. The van der Waals surface area contributed by atoms with E-state index in [1.54, 1.807) is 0 Å². The minimum absolute atomic E-state index is 0.0469. The fourth-order valence-corrected chi connectivity index (χ4v) is 3.46. The van der Waals surface area contributed by atoms with Crippen LogP contribution in [-0.2, 0) is 20.2 Å². The van der Waals surface area contributed by atoms with Gasteiger partial charge in [-0.15, -0.1) is 0 Å². The third-order valence-corrected chi connectivity index (χ3v) is 4.70. The van der Waals surface area contributed by atoms with Gasteiger partial charge in [-0.3, -0.25) is 4.72 Å². The molecule has 20 heavy (non-hydrogen) atoms. The van der Waals surface area contributed by atoms with Crippen molar-refractivity contribution in [1.29, 1.82) is 0 Å². The number of sulfonamides is 1. The number of primary sulfonamides is 1. The van der Waals surface area contributed by atoms with Gasteiger partial charge >= 0.3 is 0 Å². The molecule has 0 amide bonds. The lowest BCUT2D eigenvalue weighted by molar-refractivity contribution is 0.403. The Morgan fingerprint density at radius 2 is 1.90 bits per heavy atom. The van der Waals surface area contributed by atoms with Crippen molar-refractivity contribution in [2.75, 3.05) is 11.8 Å². The van der Waals surface area contributed by atoms with Crippen molar-refractivity contribution in [3.63, 3.8) is 0 Å². The van der Waals surface area contributed by atoms with Crippen molar-refractivity contribution in [3.05, 3.63) is 18.2 Å². The third-order valence-electron chi connectivity index (χ3n) is 2.62. The van der Waals surface area contributed by atoms with Gasteiger partial charge in [0, 0.05) is 6.04 Å². The van der Waals surface area contributed by atoms with Gasteiger partial charge in [0.2, 0.25) is 10.0 Å². The second-order valence-corrected chi connectivity index (χ2v) is 7.38. The number of methoxy groups -OCH3 is 1. The molecule has 1 aliphatic rings. The van der Waals surface area contributed by atoms with Crippen molar-refractivity contribution in [2.24, 2.45) is 5.14 Å². The van der Waals surface area contributed by atoms with Crippen molar-refractivity contribution in [2.45, 2.75) is 23.8 Å². The van der Waals surface area contributed by atoms with Crippen LogP contribution >= 0.6 is 0 Å². The number of benzene rings is 1. The maximum absolute atomic E-state index is 11.7. The molecule has 0 radical (unpaired) electrons. The lowest BCUT2D eigenvalue weighted by Gasteiger charge is -2.11. The minimum atomic E-state index is -4.01. The monoisotopic (exact) mass is 321 g/mol. The summed E-state index contributed by atoms with van der Waals surface area (Å²) in [6.07, 6.45) is 1.60. The summed E-state index contributed by atoms with van der Waals surface area (Å²) in [5.74, 6) is 0.0469. The SMILES string of the molecule is COc1ccc(NS(=O)(=O)NC2CC2)cc1S(N)(=O)=O. The molecular weight excluding hydrogens is 306 g/mol. The first-order valence-electron chi connectivity index (χ1n) is 5.72. The highest BCUT2D eigenvalue weighted by Crippen LogP contribution is 2.27. The Balaban J connectivity index is 2.29. The summed E-state index contributed by atoms with van der Waals surface area (Å²) < 4.78 is 55.8. The molecule has 0 saturated heterocycles. The van der Waals surface area contributed by atoms with Gasteiger partial charge in [-0.2, -0.15) is 13.1 Å². The van der Waals surface area contributed by atoms with Gasteiger partial charge in [0.1, 0.15) is 10.6 Å². The van der Waals surface area contributed by atoms with E-state index in [1.807, 2.05) is 0 Å². The zero-order valence-corrected chi connectivity index (χ0v) is 12.3. The van der Waals surface area contributed by atoms with Gasteiger partial charge in [0.05, 0.1) is 12.8 Å². The van der Waals surface area contributed by atoms with E-state index < -0.39 is 20.2 Å². The van der Waals surface area contributed by atoms with Crippen LogP contribution in [0, 0.1) is 0 Å². The zero-order chi connectivity index (χ0) is 15.0. The largest absolute Gasteiger partial charge is 0.495 e. The molecule has 0 aliphatic heterocycles. The number of nitrogens with one attached hydrogen (secondary N) is 2. The summed E-state index contributed by atoms with van der Waals surface area (Å²) in [5.41, 5.74) is 0.0861. The molecule has 112 valence electrons. The molecule has 0 bridgehead atoms. The molecule has 10 heteroatoms. The average molecular weight is 321 g/mol. The summed E-state index contributed by atoms with van der Waals surface area (Å²) in [6, 6.07) is 3.78. The highest BCUT2D eigenvalue weighted by Gasteiger charge is 2.27. The van der Waals surface area contributed by atoms with Crippen LogP contribution in [0.5, 0.6) is 5.75 Å². The molecule has 0 heterocycles. The maximum atomic E-state index is 11.7. The Kier molecular flexibility index (Phi) is 3.91. The topological polar surface area (TPSA) is 128 Å². The van der Waals surface area contributed by atoms with Gasteiger partial charge in [-0.25, -0.2) is 13.6 Å². The fourth-order valence-electron chi connectivity index (χ4n) is 1.57. The van der Waals surface area contributed by atoms with Gasteiger partial charge in [0.15, 0.2) is 0 Å². The molecule has 0 atom stereocenters. The minimum Gasteiger partial charge on any atom is -0.495 e. The smallest absolute Gasteiger partial charge is 0.299 e. The molecule has 1 aromatic carbocycles. The second kappa shape index (κ2) is 5.20. The predicted molar refractivity (Wildman–Crippen MR) is 73.1 cm³/mol. The molecule has 4 N–H and O–H groups in total. The number of anilines is 1. The summed E-state index contributed by atoms with van der Waals surface area (Å²) in [6.45, 7) is 0. The number of nitrogens with two attached hydrogens (primary N) is 1. The lowest BCUT2D eigenvalue weighted by atomic mass is 10.3. The Morgan fingerprint density at radius 1 is 1.25 bits per heavy atom. The zero-order valence-electron chi connectivity index (χ0n) is 10.7. The van der Waals surface area contributed by atoms with E-state index >= 15 is 0 Å². The Morgan fingerprint density at radius 3 is 2.40 bits per heavy atom. The number of hydrogen-bond donors (Lipinski definition) is 3. The molecule has 2 rings (SSSR count). The van der Waals surface area contributed by atoms with E-state index in [9.17, 15) is 16.8 Å². The van der Waals surface area contributed by atoms with Crippen LogP contribution in [0.4, 0.5) is 5.69 Å². The highest BCUT2D eigenvalue weighted by atomic mass is 32.2. The van der Waals surface area contributed by atoms with Crippen LogP contribution in [0.15, 0.2) is 23.1 Å². The molecule has 1 aromatic rings. The summed E-state index contributed by atoms with van der Waals surface area (Å²) in [4.78, 5) is -0.286. The molecule has 1 aliphatic carbocycles. The molecule has 1 saturated carbocycles. The maximum Gasteiger partial charge on any atom is 0.299 e. The Hall–Kier alpha value is -1.36.